The van der Waals surface area contributed by atoms with Gasteiger partial charge in [0.25, 0.3) is 0 Å². The fourth-order valence-corrected chi connectivity index (χ4v) is 5.57. The Morgan fingerprint density at radius 2 is 1.81 bits per heavy atom. The lowest BCUT2D eigenvalue weighted by molar-refractivity contribution is -0.121. The molecule has 6 nitrogen and oxygen atoms in total. The first-order valence-electron chi connectivity index (χ1n) is 11.5. The number of aromatic nitrogens is 2. The summed E-state index contributed by atoms with van der Waals surface area (Å²) >= 11 is 0. The standard InChI is InChI=1S/C25H29FN4O2/c1-27-24(31)16-29-22-9-2-3-10-23(22)30(25(29)32)17-12-14-28(15-13-17)21-11-5-6-18-19(21)7-4-8-20(18)26/h2-4,7-10,17,21H,5-6,11-16H2,1H3,(H,27,31). The first-order chi connectivity index (χ1) is 15.6. The van der Waals surface area contributed by atoms with Gasteiger partial charge in [0.15, 0.2) is 0 Å². The van der Waals surface area contributed by atoms with Gasteiger partial charge in [-0.05, 0) is 61.4 Å². The summed E-state index contributed by atoms with van der Waals surface area (Å²) in [5.74, 6) is -0.273. The van der Waals surface area contributed by atoms with E-state index in [-0.39, 0.29) is 36.0 Å². The van der Waals surface area contributed by atoms with E-state index in [1.165, 1.54) is 0 Å². The molecular weight excluding hydrogens is 407 g/mol. The van der Waals surface area contributed by atoms with Crippen molar-refractivity contribution in [1.82, 2.24) is 19.4 Å². The lowest BCUT2D eigenvalue weighted by Crippen LogP contribution is -2.41. The Morgan fingerprint density at radius 3 is 2.56 bits per heavy atom. The third-order valence-corrected chi connectivity index (χ3v) is 7.17. The molecule has 2 aromatic carbocycles. The van der Waals surface area contributed by atoms with E-state index >= 15 is 0 Å². The van der Waals surface area contributed by atoms with Gasteiger partial charge < -0.3 is 5.32 Å². The molecule has 1 aliphatic heterocycles. The van der Waals surface area contributed by atoms with Crippen molar-refractivity contribution >= 4 is 16.9 Å². The molecule has 5 rings (SSSR count). The number of para-hydroxylation sites is 2. The summed E-state index contributed by atoms with van der Waals surface area (Å²) in [6.07, 6.45) is 4.58. The maximum Gasteiger partial charge on any atom is 0.329 e. The lowest BCUT2D eigenvalue weighted by atomic mass is 9.85. The quantitative estimate of drug-likeness (QED) is 0.682. The summed E-state index contributed by atoms with van der Waals surface area (Å²) in [5.41, 5.74) is 3.55. The van der Waals surface area contributed by atoms with Gasteiger partial charge in [-0.25, -0.2) is 9.18 Å². The summed E-state index contributed by atoms with van der Waals surface area (Å²) in [5, 5.41) is 2.61. The van der Waals surface area contributed by atoms with E-state index in [9.17, 15) is 14.0 Å². The molecule has 0 radical (unpaired) electrons. The van der Waals surface area contributed by atoms with Gasteiger partial charge in [0.1, 0.15) is 12.4 Å². The van der Waals surface area contributed by atoms with E-state index in [1.807, 2.05) is 34.9 Å². The number of amides is 1. The number of benzene rings is 2. The second-order valence-corrected chi connectivity index (χ2v) is 8.88. The molecule has 1 amide bonds. The number of piperidine rings is 1. The van der Waals surface area contributed by atoms with Crippen LogP contribution >= 0.6 is 0 Å². The molecule has 2 aliphatic rings. The Balaban J connectivity index is 1.40. The maximum absolute atomic E-state index is 14.3. The van der Waals surface area contributed by atoms with Gasteiger partial charge in [-0.1, -0.05) is 24.3 Å². The molecule has 168 valence electrons. The van der Waals surface area contributed by atoms with Crippen LogP contribution in [0.2, 0.25) is 0 Å². The number of hydrogen-bond acceptors (Lipinski definition) is 3. The van der Waals surface area contributed by atoms with Gasteiger partial charge in [-0.2, -0.15) is 0 Å². The topological polar surface area (TPSA) is 59.3 Å². The summed E-state index contributed by atoms with van der Waals surface area (Å²) in [6, 6.07) is 13.5. The number of halogens is 1. The molecular formula is C25H29FN4O2. The van der Waals surface area contributed by atoms with Crippen molar-refractivity contribution in [2.24, 2.45) is 0 Å². The second-order valence-electron chi connectivity index (χ2n) is 8.88. The maximum atomic E-state index is 14.3. The van der Waals surface area contributed by atoms with Gasteiger partial charge in [0, 0.05) is 32.2 Å². The average Bonchev–Trinajstić information content (AvgIpc) is 3.10. The van der Waals surface area contributed by atoms with E-state index in [0.717, 1.165) is 67.4 Å². The van der Waals surface area contributed by atoms with Crippen molar-refractivity contribution in [3.8, 4) is 0 Å². The minimum Gasteiger partial charge on any atom is -0.358 e. The first kappa shape index (κ1) is 20.9. The highest BCUT2D eigenvalue weighted by Crippen LogP contribution is 2.38. The fourth-order valence-electron chi connectivity index (χ4n) is 5.57. The second kappa shape index (κ2) is 8.54. The largest absolute Gasteiger partial charge is 0.358 e. The predicted molar refractivity (Wildman–Crippen MR) is 122 cm³/mol. The molecule has 0 spiro atoms. The summed E-state index contributed by atoms with van der Waals surface area (Å²) in [4.78, 5) is 27.8. The molecule has 1 aliphatic carbocycles. The molecule has 1 saturated heterocycles. The Labute approximate surface area is 186 Å². The Morgan fingerprint density at radius 1 is 1.06 bits per heavy atom. The van der Waals surface area contributed by atoms with Crippen LogP contribution in [0.5, 0.6) is 0 Å². The van der Waals surface area contributed by atoms with Crippen molar-refractivity contribution in [1.29, 1.82) is 0 Å². The zero-order valence-corrected chi connectivity index (χ0v) is 18.4. The number of carbonyl (C=O) groups is 1. The molecule has 1 N–H and O–H groups in total. The molecule has 0 bridgehead atoms. The predicted octanol–water partition coefficient (Wildman–Crippen LogP) is 3.40. The highest BCUT2D eigenvalue weighted by Gasteiger charge is 2.32. The van der Waals surface area contributed by atoms with Crippen LogP contribution in [0.15, 0.2) is 47.3 Å². The third kappa shape index (κ3) is 3.54. The Hall–Kier alpha value is -2.93. The number of likely N-dealkylation sites (N-methyl/N-ethyl adjacent to an activating group) is 1. The Kier molecular flexibility index (Phi) is 5.59. The van der Waals surface area contributed by atoms with E-state index in [4.69, 9.17) is 0 Å². The smallest absolute Gasteiger partial charge is 0.329 e. The fraction of sp³-hybridized carbons (Fsp3) is 0.440. The minimum absolute atomic E-state index is 0.0200. The normalized spacial score (nSPS) is 19.8. The van der Waals surface area contributed by atoms with Crippen LogP contribution in [0.1, 0.15) is 48.9 Å². The third-order valence-electron chi connectivity index (χ3n) is 7.17. The van der Waals surface area contributed by atoms with E-state index in [0.29, 0.717) is 0 Å². The van der Waals surface area contributed by atoms with Crippen LogP contribution in [-0.4, -0.2) is 40.1 Å². The van der Waals surface area contributed by atoms with Gasteiger partial charge in [0.05, 0.1) is 11.0 Å². The van der Waals surface area contributed by atoms with Crippen molar-refractivity contribution < 1.29 is 9.18 Å². The van der Waals surface area contributed by atoms with Crippen LogP contribution in [0, 0.1) is 5.82 Å². The summed E-state index contributed by atoms with van der Waals surface area (Å²) < 4.78 is 17.8. The highest BCUT2D eigenvalue weighted by molar-refractivity contribution is 5.80. The molecule has 1 aromatic heterocycles. The molecule has 1 fully saturated rings. The van der Waals surface area contributed by atoms with Crippen molar-refractivity contribution in [3.05, 3.63) is 69.9 Å². The molecule has 0 saturated carbocycles. The van der Waals surface area contributed by atoms with E-state index in [1.54, 1.807) is 17.7 Å². The zero-order chi connectivity index (χ0) is 22.2. The summed E-state index contributed by atoms with van der Waals surface area (Å²) in [6.45, 7) is 1.76. The van der Waals surface area contributed by atoms with Gasteiger partial charge >= 0.3 is 5.69 Å². The van der Waals surface area contributed by atoms with Crippen LogP contribution in [0.3, 0.4) is 0 Å². The van der Waals surface area contributed by atoms with E-state index in [2.05, 4.69) is 16.3 Å². The zero-order valence-electron chi connectivity index (χ0n) is 18.4. The molecule has 3 aromatic rings. The van der Waals surface area contributed by atoms with Crippen LogP contribution in [-0.2, 0) is 17.8 Å². The number of fused-ring (bicyclic) bond motifs is 2. The highest BCUT2D eigenvalue weighted by atomic mass is 19.1. The number of imidazole rings is 1. The number of nitrogens with zero attached hydrogens (tertiary/aromatic N) is 3. The van der Waals surface area contributed by atoms with Gasteiger partial charge in [-0.15, -0.1) is 0 Å². The molecule has 1 unspecified atom stereocenters. The van der Waals surface area contributed by atoms with E-state index < -0.39 is 0 Å². The van der Waals surface area contributed by atoms with Gasteiger partial charge in [0.2, 0.25) is 5.91 Å². The van der Waals surface area contributed by atoms with Crippen LogP contribution in [0.25, 0.3) is 11.0 Å². The average molecular weight is 437 g/mol. The molecule has 1 atom stereocenters. The SMILES string of the molecule is CNC(=O)Cn1c(=O)n(C2CCN(C3CCCc4c(F)cccc43)CC2)c2ccccc21. The molecule has 2 heterocycles. The molecule has 32 heavy (non-hydrogen) atoms. The van der Waals surface area contributed by atoms with Gasteiger partial charge in [-0.3, -0.25) is 18.8 Å². The van der Waals surface area contributed by atoms with Crippen molar-refractivity contribution in [3.63, 3.8) is 0 Å². The number of nitrogens with one attached hydrogen (secondary N) is 1. The van der Waals surface area contributed by atoms with Crippen LogP contribution in [0.4, 0.5) is 4.39 Å². The minimum atomic E-state index is -0.187. The number of carbonyl (C=O) groups excluding carboxylic acids is 1. The number of rotatable bonds is 4. The monoisotopic (exact) mass is 436 g/mol. The Bertz CT molecular complexity index is 1210. The van der Waals surface area contributed by atoms with Crippen molar-refractivity contribution in [2.45, 2.75) is 50.7 Å². The number of hydrogen-bond donors (Lipinski definition) is 1. The van der Waals surface area contributed by atoms with Crippen LogP contribution < -0.4 is 11.0 Å². The summed E-state index contributed by atoms with van der Waals surface area (Å²) in [7, 11) is 1.58. The molecule has 7 heteroatoms. The first-order valence-corrected chi connectivity index (χ1v) is 11.5. The number of likely N-dealkylation sites (tertiary alicyclic amines) is 1. The van der Waals surface area contributed by atoms with Crippen molar-refractivity contribution in [2.75, 3.05) is 20.1 Å². The lowest BCUT2D eigenvalue weighted by Gasteiger charge is -2.40.